The molecule has 25 heavy (non-hydrogen) atoms. The maximum Gasteiger partial charge on any atom is 0.286 e. The summed E-state index contributed by atoms with van der Waals surface area (Å²) in [5.74, 6) is -0.161. The number of hydrogen-bond acceptors (Lipinski definition) is 7. The van der Waals surface area contributed by atoms with E-state index in [4.69, 9.17) is 19.9 Å². The van der Waals surface area contributed by atoms with Crippen LogP contribution in [-0.4, -0.2) is 50.9 Å². The Labute approximate surface area is 152 Å². The number of benzene rings is 1. The minimum Gasteiger partial charge on any atom is -0.493 e. The summed E-state index contributed by atoms with van der Waals surface area (Å²) in [6, 6.07) is 2.39. The molecule has 0 aliphatic heterocycles. The molecular formula is C15H24ClN3O6. The largest absolute Gasteiger partial charge is 0.493 e. The highest BCUT2D eigenvalue weighted by Crippen LogP contribution is 2.34. The molecule has 0 saturated heterocycles. The van der Waals surface area contributed by atoms with Crippen molar-refractivity contribution in [2.75, 3.05) is 34.0 Å². The van der Waals surface area contributed by atoms with Crippen LogP contribution in [0.3, 0.4) is 0 Å². The molecule has 0 aliphatic rings. The van der Waals surface area contributed by atoms with Gasteiger partial charge in [-0.3, -0.25) is 14.9 Å². The van der Waals surface area contributed by atoms with Crippen molar-refractivity contribution in [2.24, 2.45) is 5.73 Å². The molecule has 0 aromatic heterocycles. The SMILES string of the molecule is COCCOc1cc([N+](=O)[O-])c(C(=O)NCCC(C)N)cc1OC.Cl. The molecule has 1 atom stereocenters. The monoisotopic (exact) mass is 377 g/mol. The van der Waals surface area contributed by atoms with Gasteiger partial charge in [-0.25, -0.2) is 0 Å². The van der Waals surface area contributed by atoms with Crippen molar-refractivity contribution in [1.29, 1.82) is 0 Å². The summed E-state index contributed by atoms with van der Waals surface area (Å²) in [4.78, 5) is 22.9. The summed E-state index contributed by atoms with van der Waals surface area (Å²) >= 11 is 0. The normalized spacial score (nSPS) is 11.2. The van der Waals surface area contributed by atoms with Gasteiger partial charge in [0.05, 0.1) is 24.7 Å². The first kappa shape index (κ1) is 22.9. The molecule has 0 radical (unpaired) electrons. The second-order valence-corrected chi connectivity index (χ2v) is 5.14. The van der Waals surface area contributed by atoms with Crippen molar-refractivity contribution < 1.29 is 23.9 Å². The molecule has 1 aromatic carbocycles. The van der Waals surface area contributed by atoms with Crippen molar-refractivity contribution >= 4 is 24.0 Å². The number of nitro groups is 1. The number of amides is 1. The van der Waals surface area contributed by atoms with Crippen molar-refractivity contribution in [1.82, 2.24) is 5.32 Å². The van der Waals surface area contributed by atoms with E-state index in [0.717, 1.165) is 0 Å². The maximum atomic E-state index is 12.2. The number of carbonyl (C=O) groups is 1. The van der Waals surface area contributed by atoms with E-state index in [2.05, 4.69) is 5.32 Å². The number of nitro benzene ring substituents is 1. The standard InChI is InChI=1S/C15H23N3O6.ClH/c1-10(16)4-5-17-15(19)11-8-13(23-3)14(24-7-6-22-2)9-12(11)18(20)21;/h8-10H,4-7,16H2,1-3H3,(H,17,19);1H. The average Bonchev–Trinajstić information content (AvgIpc) is 2.53. The van der Waals surface area contributed by atoms with Crippen LogP contribution >= 0.6 is 12.4 Å². The molecule has 0 heterocycles. The van der Waals surface area contributed by atoms with E-state index in [1.165, 1.54) is 26.4 Å². The molecule has 1 amide bonds. The van der Waals surface area contributed by atoms with E-state index in [-0.39, 0.29) is 47.8 Å². The van der Waals surface area contributed by atoms with Gasteiger partial charge in [-0.1, -0.05) is 0 Å². The summed E-state index contributed by atoms with van der Waals surface area (Å²) < 4.78 is 15.4. The highest BCUT2D eigenvalue weighted by Gasteiger charge is 2.24. The van der Waals surface area contributed by atoms with Crippen molar-refractivity contribution in [3.8, 4) is 11.5 Å². The maximum absolute atomic E-state index is 12.2. The van der Waals surface area contributed by atoms with Crippen LogP contribution in [-0.2, 0) is 4.74 Å². The summed E-state index contributed by atoms with van der Waals surface area (Å²) in [5.41, 5.74) is 5.16. The molecule has 0 saturated carbocycles. The first-order valence-electron chi connectivity index (χ1n) is 7.42. The smallest absolute Gasteiger partial charge is 0.286 e. The molecule has 0 fully saturated rings. The Bertz CT molecular complexity index is 583. The Kier molecular flexibility index (Phi) is 10.5. The van der Waals surface area contributed by atoms with Gasteiger partial charge in [0, 0.05) is 25.8 Å². The minimum atomic E-state index is -0.636. The molecule has 0 aliphatic carbocycles. The van der Waals surface area contributed by atoms with E-state index >= 15 is 0 Å². The number of carbonyl (C=O) groups excluding carboxylic acids is 1. The molecule has 10 heteroatoms. The van der Waals surface area contributed by atoms with Crippen LogP contribution < -0.4 is 20.5 Å². The molecule has 142 valence electrons. The summed E-state index contributed by atoms with van der Waals surface area (Å²) in [7, 11) is 2.90. The van der Waals surface area contributed by atoms with Crippen molar-refractivity contribution in [3.63, 3.8) is 0 Å². The highest BCUT2D eigenvalue weighted by molar-refractivity contribution is 5.99. The fourth-order valence-electron chi connectivity index (χ4n) is 1.90. The zero-order valence-electron chi connectivity index (χ0n) is 14.4. The Hall–Kier alpha value is -2.10. The van der Waals surface area contributed by atoms with Crippen LogP contribution in [0.25, 0.3) is 0 Å². The number of nitrogens with zero attached hydrogens (tertiary/aromatic N) is 1. The summed E-state index contributed by atoms with van der Waals surface area (Å²) in [6.07, 6.45) is 0.564. The predicted molar refractivity (Wildman–Crippen MR) is 94.9 cm³/mol. The first-order chi connectivity index (χ1) is 11.4. The number of methoxy groups -OCH3 is 2. The van der Waals surface area contributed by atoms with Crippen LogP contribution in [0.2, 0.25) is 0 Å². The number of nitrogens with one attached hydrogen (secondary N) is 1. The minimum absolute atomic E-state index is 0. The van der Waals surface area contributed by atoms with Crippen LogP contribution in [0.15, 0.2) is 12.1 Å². The Morgan fingerprint density at radius 2 is 2.00 bits per heavy atom. The first-order valence-corrected chi connectivity index (χ1v) is 7.42. The summed E-state index contributed by atoms with van der Waals surface area (Å²) in [6.45, 7) is 2.65. The van der Waals surface area contributed by atoms with Crippen LogP contribution in [0.4, 0.5) is 5.69 Å². The second-order valence-electron chi connectivity index (χ2n) is 5.14. The third-order valence-corrected chi connectivity index (χ3v) is 3.15. The number of nitrogens with two attached hydrogens (primary N) is 1. The van der Waals surface area contributed by atoms with E-state index in [1.807, 2.05) is 6.92 Å². The van der Waals surface area contributed by atoms with Crippen molar-refractivity contribution in [2.45, 2.75) is 19.4 Å². The van der Waals surface area contributed by atoms with Gasteiger partial charge >= 0.3 is 0 Å². The molecule has 1 aromatic rings. The Morgan fingerprint density at radius 3 is 2.52 bits per heavy atom. The molecule has 0 spiro atoms. The Balaban J connectivity index is 0.00000576. The lowest BCUT2D eigenvalue weighted by Crippen LogP contribution is -2.29. The van der Waals surface area contributed by atoms with Gasteiger partial charge in [-0.05, 0) is 13.3 Å². The van der Waals surface area contributed by atoms with Gasteiger partial charge in [0.1, 0.15) is 12.2 Å². The fraction of sp³-hybridized carbons (Fsp3) is 0.533. The van der Waals surface area contributed by atoms with Crippen molar-refractivity contribution in [3.05, 3.63) is 27.8 Å². The number of rotatable bonds is 10. The number of hydrogen-bond donors (Lipinski definition) is 2. The average molecular weight is 378 g/mol. The van der Waals surface area contributed by atoms with Gasteiger partial charge in [-0.2, -0.15) is 0 Å². The van der Waals surface area contributed by atoms with E-state index in [9.17, 15) is 14.9 Å². The third kappa shape index (κ3) is 7.12. The van der Waals surface area contributed by atoms with Gasteiger partial charge < -0.3 is 25.3 Å². The Morgan fingerprint density at radius 1 is 1.32 bits per heavy atom. The van der Waals surface area contributed by atoms with Gasteiger partial charge in [0.25, 0.3) is 11.6 Å². The lowest BCUT2D eigenvalue weighted by atomic mass is 10.1. The molecular weight excluding hydrogens is 354 g/mol. The van der Waals surface area contributed by atoms with E-state index in [1.54, 1.807) is 0 Å². The van der Waals surface area contributed by atoms with Crippen LogP contribution in [0.1, 0.15) is 23.7 Å². The van der Waals surface area contributed by atoms with Gasteiger partial charge in [0.2, 0.25) is 0 Å². The molecule has 0 bridgehead atoms. The second kappa shape index (κ2) is 11.5. The van der Waals surface area contributed by atoms with Crippen LogP contribution in [0, 0.1) is 10.1 Å². The topological polar surface area (TPSA) is 126 Å². The van der Waals surface area contributed by atoms with Crippen LogP contribution in [0.5, 0.6) is 11.5 Å². The molecule has 9 nitrogen and oxygen atoms in total. The zero-order valence-corrected chi connectivity index (χ0v) is 15.3. The fourth-order valence-corrected chi connectivity index (χ4v) is 1.90. The highest BCUT2D eigenvalue weighted by atomic mass is 35.5. The summed E-state index contributed by atoms with van der Waals surface area (Å²) in [5, 5.41) is 13.9. The van der Waals surface area contributed by atoms with Gasteiger partial charge in [-0.15, -0.1) is 12.4 Å². The lowest BCUT2D eigenvalue weighted by molar-refractivity contribution is -0.385. The molecule has 1 rings (SSSR count). The van der Waals surface area contributed by atoms with Gasteiger partial charge in [0.15, 0.2) is 11.5 Å². The zero-order chi connectivity index (χ0) is 18.1. The molecule has 1 unspecified atom stereocenters. The number of halogens is 1. The van der Waals surface area contributed by atoms with E-state index in [0.29, 0.717) is 19.6 Å². The predicted octanol–water partition coefficient (Wildman–Crippen LogP) is 1.52. The third-order valence-electron chi connectivity index (χ3n) is 3.15. The van der Waals surface area contributed by atoms with E-state index < -0.39 is 10.8 Å². The lowest BCUT2D eigenvalue weighted by Gasteiger charge is -2.13. The molecule has 3 N–H and O–H groups in total. The quantitative estimate of drug-likeness (QED) is 0.359. The number of ether oxygens (including phenoxy) is 3.